The largest absolute Gasteiger partial charge is 0.393 e. The monoisotopic (exact) mass is 258 g/mol. The molecule has 3 heteroatoms. The van der Waals surface area contributed by atoms with Crippen LogP contribution in [0.25, 0.3) is 0 Å². The molecule has 1 saturated carbocycles. The van der Waals surface area contributed by atoms with E-state index >= 15 is 0 Å². The van der Waals surface area contributed by atoms with Crippen molar-refractivity contribution in [3.63, 3.8) is 0 Å². The van der Waals surface area contributed by atoms with Crippen LogP contribution in [0.1, 0.15) is 71.1 Å². The quantitative estimate of drug-likeness (QED) is 0.642. The molecule has 0 aliphatic heterocycles. The Bertz CT molecular complexity index is 208. The van der Waals surface area contributed by atoms with Crippen molar-refractivity contribution in [1.29, 1.82) is 0 Å². The molecule has 4 unspecified atom stereocenters. The molecule has 0 aromatic heterocycles. The van der Waals surface area contributed by atoms with E-state index in [1.165, 1.54) is 12.8 Å². The molecule has 1 fully saturated rings. The summed E-state index contributed by atoms with van der Waals surface area (Å²) in [5, 5.41) is 30.3. The molecule has 0 amide bonds. The molecule has 0 bridgehead atoms. The predicted molar refractivity (Wildman–Crippen MR) is 73.4 cm³/mol. The van der Waals surface area contributed by atoms with Crippen molar-refractivity contribution >= 4 is 0 Å². The minimum Gasteiger partial charge on any atom is -0.393 e. The molecule has 0 aromatic carbocycles. The lowest BCUT2D eigenvalue weighted by Gasteiger charge is -2.32. The summed E-state index contributed by atoms with van der Waals surface area (Å²) in [5.74, 6) is -0.137. The topological polar surface area (TPSA) is 60.7 Å². The van der Waals surface area contributed by atoms with Crippen LogP contribution in [-0.4, -0.2) is 33.6 Å². The van der Waals surface area contributed by atoms with Gasteiger partial charge in [0.1, 0.15) is 0 Å². The van der Waals surface area contributed by atoms with Gasteiger partial charge in [0, 0.05) is 5.92 Å². The van der Waals surface area contributed by atoms with Crippen molar-refractivity contribution in [2.75, 3.05) is 0 Å². The SMILES string of the molecule is CCCCCC(O)C(O)C1CCCCCCC1O. The van der Waals surface area contributed by atoms with Gasteiger partial charge in [-0.15, -0.1) is 0 Å². The van der Waals surface area contributed by atoms with Gasteiger partial charge < -0.3 is 15.3 Å². The van der Waals surface area contributed by atoms with Crippen LogP contribution in [0.4, 0.5) is 0 Å². The second-order valence-corrected chi connectivity index (χ2v) is 5.78. The Morgan fingerprint density at radius 2 is 1.67 bits per heavy atom. The standard InChI is InChI=1S/C15H30O3/c1-2-3-6-11-14(17)15(18)12-9-7-4-5-8-10-13(12)16/h12-18H,2-11H2,1H3. The third-order valence-corrected chi connectivity index (χ3v) is 4.22. The van der Waals surface area contributed by atoms with E-state index in [4.69, 9.17) is 0 Å². The average molecular weight is 258 g/mol. The molecular weight excluding hydrogens is 228 g/mol. The Hall–Kier alpha value is -0.120. The third kappa shape index (κ3) is 5.25. The lowest BCUT2D eigenvalue weighted by atomic mass is 9.82. The molecule has 0 radical (unpaired) electrons. The first-order valence-corrected chi connectivity index (χ1v) is 7.71. The number of hydrogen-bond acceptors (Lipinski definition) is 3. The van der Waals surface area contributed by atoms with Crippen LogP contribution in [0.5, 0.6) is 0 Å². The summed E-state index contributed by atoms with van der Waals surface area (Å²) in [4.78, 5) is 0. The maximum atomic E-state index is 10.2. The summed E-state index contributed by atoms with van der Waals surface area (Å²) < 4.78 is 0. The number of hydrogen-bond donors (Lipinski definition) is 3. The van der Waals surface area contributed by atoms with Gasteiger partial charge in [-0.2, -0.15) is 0 Å². The van der Waals surface area contributed by atoms with Crippen molar-refractivity contribution in [3.8, 4) is 0 Å². The van der Waals surface area contributed by atoms with Gasteiger partial charge in [-0.25, -0.2) is 0 Å². The molecule has 0 heterocycles. The first-order valence-electron chi connectivity index (χ1n) is 7.71. The second kappa shape index (κ2) is 8.89. The molecule has 1 aliphatic rings. The van der Waals surface area contributed by atoms with Crippen molar-refractivity contribution in [2.45, 2.75) is 89.4 Å². The van der Waals surface area contributed by atoms with Crippen LogP contribution >= 0.6 is 0 Å². The highest BCUT2D eigenvalue weighted by molar-refractivity contribution is 4.82. The van der Waals surface area contributed by atoms with E-state index in [2.05, 4.69) is 6.92 Å². The van der Waals surface area contributed by atoms with E-state index in [-0.39, 0.29) is 5.92 Å². The summed E-state index contributed by atoms with van der Waals surface area (Å²) in [6.07, 6.45) is 8.02. The highest BCUT2D eigenvalue weighted by Crippen LogP contribution is 2.27. The molecule has 18 heavy (non-hydrogen) atoms. The highest BCUT2D eigenvalue weighted by Gasteiger charge is 2.31. The molecule has 3 nitrogen and oxygen atoms in total. The van der Waals surface area contributed by atoms with Gasteiger partial charge in [0.2, 0.25) is 0 Å². The second-order valence-electron chi connectivity index (χ2n) is 5.78. The van der Waals surface area contributed by atoms with Gasteiger partial charge in [0.05, 0.1) is 18.3 Å². The number of aliphatic hydroxyl groups excluding tert-OH is 3. The van der Waals surface area contributed by atoms with Crippen LogP contribution in [0.3, 0.4) is 0 Å². The van der Waals surface area contributed by atoms with Crippen molar-refractivity contribution < 1.29 is 15.3 Å². The van der Waals surface area contributed by atoms with E-state index in [0.29, 0.717) is 6.42 Å². The molecule has 4 atom stereocenters. The Balaban J connectivity index is 2.42. The Morgan fingerprint density at radius 1 is 1.00 bits per heavy atom. The molecule has 108 valence electrons. The van der Waals surface area contributed by atoms with E-state index < -0.39 is 18.3 Å². The number of aliphatic hydroxyl groups is 3. The van der Waals surface area contributed by atoms with Crippen LogP contribution in [0.15, 0.2) is 0 Å². The summed E-state index contributed by atoms with van der Waals surface area (Å²) >= 11 is 0. The first kappa shape index (κ1) is 15.9. The zero-order valence-corrected chi connectivity index (χ0v) is 11.7. The van der Waals surface area contributed by atoms with Crippen LogP contribution in [-0.2, 0) is 0 Å². The van der Waals surface area contributed by atoms with Gasteiger partial charge in [0.25, 0.3) is 0 Å². The van der Waals surface area contributed by atoms with Gasteiger partial charge >= 0.3 is 0 Å². The predicted octanol–water partition coefficient (Wildman–Crippen LogP) is 2.62. The maximum absolute atomic E-state index is 10.2. The molecule has 0 saturated heterocycles. The molecule has 0 aromatic rings. The van der Waals surface area contributed by atoms with Crippen LogP contribution in [0, 0.1) is 5.92 Å². The Morgan fingerprint density at radius 3 is 2.33 bits per heavy atom. The highest BCUT2D eigenvalue weighted by atomic mass is 16.3. The van der Waals surface area contributed by atoms with Gasteiger partial charge in [-0.3, -0.25) is 0 Å². The lowest BCUT2D eigenvalue weighted by molar-refractivity contribution is -0.0681. The first-order chi connectivity index (χ1) is 8.66. The summed E-state index contributed by atoms with van der Waals surface area (Å²) in [7, 11) is 0. The van der Waals surface area contributed by atoms with E-state index in [0.717, 1.165) is 44.9 Å². The summed E-state index contributed by atoms with van der Waals surface area (Å²) in [6, 6.07) is 0. The minimum absolute atomic E-state index is 0.137. The summed E-state index contributed by atoms with van der Waals surface area (Å²) in [6.45, 7) is 2.13. The molecule has 3 N–H and O–H groups in total. The van der Waals surface area contributed by atoms with Crippen molar-refractivity contribution in [2.24, 2.45) is 5.92 Å². The fraction of sp³-hybridized carbons (Fsp3) is 1.00. The zero-order valence-electron chi connectivity index (χ0n) is 11.7. The molecule has 1 rings (SSSR count). The minimum atomic E-state index is -0.755. The fourth-order valence-electron chi connectivity index (χ4n) is 2.95. The third-order valence-electron chi connectivity index (χ3n) is 4.22. The zero-order chi connectivity index (χ0) is 13.4. The molecule has 1 aliphatic carbocycles. The van der Waals surface area contributed by atoms with Crippen molar-refractivity contribution in [1.82, 2.24) is 0 Å². The van der Waals surface area contributed by atoms with Crippen LogP contribution < -0.4 is 0 Å². The number of unbranched alkanes of at least 4 members (excludes halogenated alkanes) is 2. The molecular formula is C15H30O3. The van der Waals surface area contributed by atoms with Crippen LogP contribution in [0.2, 0.25) is 0 Å². The average Bonchev–Trinajstić information content (AvgIpc) is 2.34. The Kier molecular flexibility index (Phi) is 7.87. The Labute approximate surface area is 111 Å². The lowest BCUT2D eigenvalue weighted by Crippen LogP contribution is -2.40. The smallest absolute Gasteiger partial charge is 0.0851 e. The van der Waals surface area contributed by atoms with E-state index in [9.17, 15) is 15.3 Å². The van der Waals surface area contributed by atoms with Gasteiger partial charge in [-0.1, -0.05) is 51.9 Å². The van der Waals surface area contributed by atoms with Crippen molar-refractivity contribution in [3.05, 3.63) is 0 Å². The summed E-state index contributed by atoms with van der Waals surface area (Å²) in [5.41, 5.74) is 0. The number of rotatable bonds is 6. The van der Waals surface area contributed by atoms with E-state index in [1.807, 2.05) is 0 Å². The van der Waals surface area contributed by atoms with Gasteiger partial charge in [-0.05, 0) is 19.3 Å². The molecule has 0 spiro atoms. The van der Waals surface area contributed by atoms with Gasteiger partial charge in [0.15, 0.2) is 0 Å². The fourth-order valence-corrected chi connectivity index (χ4v) is 2.95. The normalized spacial score (nSPS) is 29.3. The maximum Gasteiger partial charge on any atom is 0.0851 e. The van der Waals surface area contributed by atoms with E-state index in [1.54, 1.807) is 0 Å².